The van der Waals surface area contributed by atoms with Crippen molar-refractivity contribution in [1.29, 1.82) is 0 Å². The Labute approximate surface area is 200 Å². The predicted octanol–water partition coefficient (Wildman–Crippen LogP) is 3.14. The summed E-state index contributed by atoms with van der Waals surface area (Å²) >= 11 is 0. The van der Waals surface area contributed by atoms with E-state index >= 15 is 0 Å². The molecule has 0 saturated heterocycles. The lowest BCUT2D eigenvalue weighted by molar-refractivity contribution is 0.597. The zero-order chi connectivity index (χ0) is 34.3. The largest absolute Gasteiger partial charge is 0.329 e. The van der Waals surface area contributed by atoms with E-state index in [1.165, 1.54) is 14.0 Å². The van der Waals surface area contributed by atoms with Gasteiger partial charge in [-0.25, -0.2) is 18.5 Å². The summed E-state index contributed by atoms with van der Waals surface area (Å²) in [6.07, 6.45) is -0.751. The molecular weight excluding hydrogens is 414 g/mol. The standard InChI is InChI=1S/C21H23N7O2S/c1-13-5-6-15(11-19(13)31(22,29)30)24-21-23-10-9-20(25-21)27(3)16-7-8-17-14(2)28(4)26-18(17)12-16/h5-12H,1-4H3,(H2,22,29,30)(H,23,24,25)/i2D3,4D3,5D,6D,7D,8D,9D,10D,11D,12D. The van der Waals surface area contributed by atoms with Gasteiger partial charge in [0.25, 0.3) is 0 Å². The first-order chi connectivity index (χ1) is 20.4. The van der Waals surface area contributed by atoms with Crippen LogP contribution in [0, 0.1) is 13.8 Å². The Morgan fingerprint density at radius 2 is 2.06 bits per heavy atom. The normalized spacial score (nSPS) is 18.9. The molecule has 0 spiro atoms. The summed E-state index contributed by atoms with van der Waals surface area (Å²) in [5.74, 6) is -1.04. The third-order valence-electron chi connectivity index (χ3n) is 4.10. The number of nitrogens with one attached hydrogen (secondary N) is 1. The Hall–Kier alpha value is -3.50. The first-order valence-electron chi connectivity index (χ1n) is 15.4. The summed E-state index contributed by atoms with van der Waals surface area (Å²) in [5, 5.41) is 10.9. The van der Waals surface area contributed by atoms with Gasteiger partial charge < -0.3 is 10.2 Å². The number of anilines is 4. The number of rotatable bonds is 5. The van der Waals surface area contributed by atoms with Crippen LogP contribution in [0.2, 0.25) is 0 Å². The Bertz CT molecular complexity index is 2010. The van der Waals surface area contributed by atoms with Crippen molar-refractivity contribution in [2.24, 2.45) is 12.1 Å². The van der Waals surface area contributed by atoms with E-state index in [1.54, 1.807) is 0 Å². The van der Waals surface area contributed by atoms with Crippen molar-refractivity contribution in [1.82, 2.24) is 19.7 Å². The van der Waals surface area contributed by atoms with Crippen molar-refractivity contribution in [3.05, 3.63) is 59.7 Å². The van der Waals surface area contributed by atoms with Gasteiger partial charge in [0, 0.05) is 50.9 Å². The van der Waals surface area contributed by atoms with Gasteiger partial charge in [-0.1, -0.05) is 6.04 Å². The van der Waals surface area contributed by atoms with Crippen LogP contribution in [0.4, 0.5) is 23.1 Å². The van der Waals surface area contributed by atoms with E-state index in [4.69, 9.17) is 24.3 Å². The second-order valence-electron chi connectivity index (χ2n) is 6.25. The van der Waals surface area contributed by atoms with E-state index in [9.17, 15) is 8.42 Å². The van der Waals surface area contributed by atoms with Crippen LogP contribution in [-0.4, -0.2) is 35.2 Å². The molecule has 31 heavy (non-hydrogen) atoms. The molecule has 0 radical (unpaired) electrons. The molecule has 0 fully saturated rings. The second kappa shape index (κ2) is 7.64. The van der Waals surface area contributed by atoms with Gasteiger partial charge in [-0.15, -0.1) is 0 Å². The zero-order valence-electron chi connectivity index (χ0n) is 30.0. The van der Waals surface area contributed by atoms with Crippen molar-refractivity contribution in [2.75, 3.05) is 17.3 Å². The van der Waals surface area contributed by atoms with Crippen molar-refractivity contribution in [3.8, 4) is 0 Å². The molecule has 0 atom stereocenters. The molecule has 9 nitrogen and oxygen atoms in total. The van der Waals surface area contributed by atoms with Crippen LogP contribution in [-0.2, 0) is 17.0 Å². The molecule has 0 aliphatic carbocycles. The number of nitrogens with zero attached hydrogens (tertiary/aromatic N) is 5. The van der Waals surface area contributed by atoms with Gasteiger partial charge in [0.05, 0.1) is 21.4 Å². The first kappa shape index (κ1) is 9.75. The molecule has 160 valence electrons. The fraction of sp³-hybridized carbons (Fsp3) is 0.190. The van der Waals surface area contributed by atoms with Crippen LogP contribution in [0.1, 0.15) is 30.4 Å². The maximum Gasteiger partial charge on any atom is 0.238 e. The molecule has 10 heteroatoms. The Kier molecular flexibility index (Phi) is 2.40. The van der Waals surface area contributed by atoms with E-state index in [1.807, 2.05) is 0 Å². The van der Waals surface area contributed by atoms with Crippen molar-refractivity contribution in [2.45, 2.75) is 18.7 Å². The number of nitrogens with two attached hydrogens (primary N) is 1. The number of primary sulfonamides is 1. The van der Waals surface area contributed by atoms with Gasteiger partial charge in [-0.05, 0) is 55.6 Å². The number of aromatic nitrogens is 4. The van der Waals surface area contributed by atoms with Gasteiger partial charge in [0.1, 0.15) is 5.82 Å². The lowest BCUT2D eigenvalue weighted by Crippen LogP contribution is -2.14. The Balaban J connectivity index is 1.96. The molecular formula is C21H23N7O2S. The summed E-state index contributed by atoms with van der Waals surface area (Å²) in [7, 11) is -3.34. The van der Waals surface area contributed by atoms with Crippen LogP contribution in [0.15, 0.2) is 53.4 Å². The molecule has 0 amide bonds. The van der Waals surface area contributed by atoms with Crippen molar-refractivity contribution < 1.29 is 27.6 Å². The maximum atomic E-state index is 12.1. The fourth-order valence-corrected chi connectivity index (χ4v) is 3.29. The molecule has 0 bridgehead atoms. The van der Waals surface area contributed by atoms with Crippen molar-refractivity contribution in [3.63, 3.8) is 0 Å². The van der Waals surface area contributed by atoms with E-state index in [0.717, 1.165) is 4.90 Å². The monoisotopic (exact) mass is 451 g/mol. The molecule has 0 saturated carbocycles. The maximum absolute atomic E-state index is 12.1. The average Bonchev–Trinajstić information content (AvgIpc) is 3.33. The number of hydrogen-bond donors (Lipinski definition) is 2. The number of aryl methyl sites for hydroxylation is 2. The molecule has 4 aromatic rings. The molecule has 4 rings (SSSR count). The minimum absolute atomic E-state index is 0.198. The highest BCUT2D eigenvalue weighted by atomic mass is 32.2. The SMILES string of the molecule is [2H]c1nc(Nc2c([2H])c([2H])c(C)c(S(N)(=O)=O)c2[2H])nc(N(C)c2c([2H])c([2H])c3c(C([2H])([2H])[2H])n(C([2H])([2H])[2H])nc3c2[2H])c1[2H]. The predicted molar refractivity (Wildman–Crippen MR) is 121 cm³/mol. The lowest BCUT2D eigenvalue weighted by Gasteiger charge is -2.19. The van der Waals surface area contributed by atoms with Crippen LogP contribution in [0.25, 0.3) is 10.9 Å². The van der Waals surface area contributed by atoms with E-state index in [0.29, 0.717) is 0 Å². The van der Waals surface area contributed by atoms with Crippen LogP contribution >= 0.6 is 0 Å². The van der Waals surface area contributed by atoms with E-state index in [2.05, 4.69) is 20.4 Å². The minimum Gasteiger partial charge on any atom is -0.329 e. The number of benzene rings is 2. The second-order valence-corrected chi connectivity index (χ2v) is 7.75. The van der Waals surface area contributed by atoms with Crippen LogP contribution < -0.4 is 15.4 Å². The van der Waals surface area contributed by atoms with Gasteiger partial charge in [0.2, 0.25) is 16.0 Å². The van der Waals surface area contributed by atoms with Gasteiger partial charge in [0.15, 0.2) is 0 Å². The lowest BCUT2D eigenvalue weighted by atomic mass is 10.2. The summed E-state index contributed by atoms with van der Waals surface area (Å²) < 4.78 is 138. The quantitative estimate of drug-likeness (QED) is 0.478. The highest BCUT2D eigenvalue weighted by Crippen LogP contribution is 2.28. The summed E-state index contributed by atoms with van der Waals surface area (Å²) in [4.78, 5) is 8.02. The third kappa shape index (κ3) is 4.07. The minimum atomic E-state index is -4.53. The van der Waals surface area contributed by atoms with E-state index < -0.39 is 117 Å². The molecule has 3 N–H and O–H groups in total. The number of sulfonamides is 1. The Morgan fingerprint density at radius 3 is 2.81 bits per heavy atom. The van der Waals surface area contributed by atoms with Crippen LogP contribution in [0.3, 0.4) is 0 Å². The molecule has 2 aromatic heterocycles. The van der Waals surface area contributed by atoms with Crippen LogP contribution in [0.5, 0.6) is 0 Å². The first-order valence-corrected chi connectivity index (χ1v) is 9.98. The van der Waals surface area contributed by atoms with Crippen molar-refractivity contribution >= 4 is 44.1 Å². The highest BCUT2D eigenvalue weighted by molar-refractivity contribution is 7.89. The fourth-order valence-electron chi connectivity index (χ4n) is 2.57. The van der Waals surface area contributed by atoms with Gasteiger partial charge in [-0.3, -0.25) is 4.68 Å². The third-order valence-corrected chi connectivity index (χ3v) is 5.08. The highest BCUT2D eigenvalue weighted by Gasteiger charge is 2.14. The number of fused-ring (bicyclic) bond motifs is 1. The molecule has 0 aliphatic rings. The Morgan fingerprint density at radius 1 is 1.23 bits per heavy atom. The average molecular weight is 452 g/mol. The van der Waals surface area contributed by atoms with Gasteiger partial charge in [-0.2, -0.15) is 10.1 Å². The molecule has 0 aliphatic heterocycles. The molecule has 2 aromatic carbocycles. The smallest absolute Gasteiger partial charge is 0.238 e. The summed E-state index contributed by atoms with van der Waals surface area (Å²) in [5.41, 5.74) is -2.70. The zero-order valence-corrected chi connectivity index (χ0v) is 16.9. The molecule has 2 heterocycles. The summed E-state index contributed by atoms with van der Waals surface area (Å²) in [6.45, 7) is -5.03. The van der Waals surface area contributed by atoms with Gasteiger partial charge >= 0.3 is 0 Å². The molecule has 0 unspecified atom stereocenters. The summed E-state index contributed by atoms with van der Waals surface area (Å²) in [6, 6.07) is -4.93. The topological polar surface area (TPSA) is 119 Å². The van der Waals surface area contributed by atoms with E-state index in [-0.39, 0.29) is 10.2 Å². The number of hydrogen-bond acceptors (Lipinski definition) is 7.